The quantitative estimate of drug-likeness (QED) is 0.834. The zero-order valence-electron chi connectivity index (χ0n) is 8.56. The summed E-state index contributed by atoms with van der Waals surface area (Å²) in [6.45, 7) is 3.59. The minimum atomic E-state index is -1.01. The average molecular weight is 228 g/mol. The number of hydrogen-bond acceptors (Lipinski definition) is 4. The first-order chi connectivity index (χ1) is 7.06. The number of rotatable bonds is 4. The lowest BCUT2D eigenvalue weighted by atomic mass is 10.3. The Morgan fingerprint density at radius 3 is 2.67 bits per heavy atom. The first kappa shape index (κ1) is 11.6. The summed E-state index contributed by atoms with van der Waals surface area (Å²) in [6, 6.07) is 0. The standard InChI is InChI=1S/C9H12N2O3S/c1-3-11(4-7(12)13)9(14)8-6(2)10-5-15-8/h5H,3-4H2,1-2H3,(H,12,13). The fraction of sp³-hybridized carbons (Fsp3) is 0.444. The van der Waals surface area contributed by atoms with Crippen molar-refractivity contribution in [3.63, 3.8) is 0 Å². The van der Waals surface area contributed by atoms with Crippen molar-refractivity contribution in [3.05, 3.63) is 16.1 Å². The van der Waals surface area contributed by atoms with Crippen LogP contribution in [0.4, 0.5) is 0 Å². The first-order valence-corrected chi connectivity index (χ1v) is 5.35. The number of aliphatic carboxylic acids is 1. The summed E-state index contributed by atoms with van der Waals surface area (Å²) in [5.74, 6) is -1.27. The monoisotopic (exact) mass is 228 g/mol. The maximum Gasteiger partial charge on any atom is 0.323 e. The molecule has 1 heterocycles. The summed E-state index contributed by atoms with van der Waals surface area (Å²) in [6.07, 6.45) is 0. The van der Waals surface area contributed by atoms with Crippen molar-refractivity contribution in [1.29, 1.82) is 0 Å². The molecule has 1 rings (SSSR count). The van der Waals surface area contributed by atoms with E-state index in [0.717, 1.165) is 0 Å². The summed E-state index contributed by atoms with van der Waals surface area (Å²) in [7, 11) is 0. The number of carboxylic acid groups (broad SMARTS) is 1. The molecule has 5 nitrogen and oxygen atoms in total. The fourth-order valence-corrected chi connectivity index (χ4v) is 1.91. The Morgan fingerprint density at radius 1 is 1.60 bits per heavy atom. The first-order valence-electron chi connectivity index (χ1n) is 4.47. The molecule has 0 bridgehead atoms. The van der Waals surface area contributed by atoms with Crippen molar-refractivity contribution in [2.75, 3.05) is 13.1 Å². The highest BCUT2D eigenvalue weighted by Crippen LogP contribution is 2.14. The van der Waals surface area contributed by atoms with Gasteiger partial charge in [-0.05, 0) is 13.8 Å². The normalized spacial score (nSPS) is 10.0. The van der Waals surface area contributed by atoms with Crippen LogP contribution in [-0.2, 0) is 4.79 Å². The van der Waals surface area contributed by atoms with Crippen molar-refractivity contribution in [1.82, 2.24) is 9.88 Å². The molecule has 15 heavy (non-hydrogen) atoms. The third kappa shape index (κ3) is 2.76. The molecule has 0 aromatic carbocycles. The second kappa shape index (κ2) is 4.88. The Labute approximate surface area is 91.4 Å². The Morgan fingerprint density at radius 2 is 2.27 bits per heavy atom. The molecule has 0 unspecified atom stereocenters. The highest BCUT2D eigenvalue weighted by molar-refractivity contribution is 7.11. The fourth-order valence-electron chi connectivity index (χ4n) is 1.14. The van der Waals surface area contributed by atoms with Gasteiger partial charge in [0, 0.05) is 6.54 Å². The number of carbonyl (C=O) groups is 2. The van der Waals surface area contributed by atoms with Crippen LogP contribution in [0, 0.1) is 6.92 Å². The molecule has 0 fully saturated rings. The van der Waals surface area contributed by atoms with Crippen LogP contribution in [0.2, 0.25) is 0 Å². The Bertz CT molecular complexity index is 375. The smallest absolute Gasteiger partial charge is 0.323 e. The molecule has 0 radical (unpaired) electrons. The summed E-state index contributed by atoms with van der Waals surface area (Å²) < 4.78 is 0. The summed E-state index contributed by atoms with van der Waals surface area (Å²) in [4.78, 5) is 28.1. The van der Waals surface area contributed by atoms with Crippen LogP contribution in [0.25, 0.3) is 0 Å². The maximum absolute atomic E-state index is 11.8. The highest BCUT2D eigenvalue weighted by atomic mass is 32.1. The largest absolute Gasteiger partial charge is 0.480 e. The number of likely N-dealkylation sites (N-methyl/N-ethyl adjacent to an activating group) is 1. The number of amides is 1. The molecule has 0 saturated carbocycles. The molecule has 0 aliphatic rings. The van der Waals surface area contributed by atoms with Crippen LogP contribution >= 0.6 is 11.3 Å². The SMILES string of the molecule is CCN(CC(=O)O)C(=O)c1scnc1C. The number of carbonyl (C=O) groups excluding carboxylic acids is 1. The van der Waals surface area contributed by atoms with Gasteiger partial charge in [-0.1, -0.05) is 0 Å². The zero-order valence-corrected chi connectivity index (χ0v) is 9.37. The van der Waals surface area contributed by atoms with Crippen molar-refractivity contribution >= 4 is 23.2 Å². The summed E-state index contributed by atoms with van der Waals surface area (Å²) >= 11 is 1.23. The minimum absolute atomic E-state index is 0.264. The van der Waals surface area contributed by atoms with Gasteiger partial charge in [0.2, 0.25) is 0 Å². The molecule has 82 valence electrons. The predicted molar refractivity (Wildman–Crippen MR) is 56.1 cm³/mol. The number of thiazole rings is 1. The van der Waals surface area contributed by atoms with E-state index in [9.17, 15) is 9.59 Å². The van der Waals surface area contributed by atoms with Gasteiger partial charge in [0.1, 0.15) is 11.4 Å². The topological polar surface area (TPSA) is 70.5 Å². The molecule has 0 saturated heterocycles. The van der Waals surface area contributed by atoms with Crippen LogP contribution in [0.3, 0.4) is 0 Å². The van der Waals surface area contributed by atoms with Crippen molar-refractivity contribution < 1.29 is 14.7 Å². The Balaban J connectivity index is 2.82. The summed E-state index contributed by atoms with van der Waals surface area (Å²) in [5, 5.41) is 8.62. The Hall–Kier alpha value is -1.43. The van der Waals surface area contributed by atoms with E-state index < -0.39 is 5.97 Å². The lowest BCUT2D eigenvalue weighted by molar-refractivity contribution is -0.137. The molecule has 1 amide bonds. The van der Waals surface area contributed by atoms with Gasteiger partial charge >= 0.3 is 5.97 Å². The van der Waals surface area contributed by atoms with E-state index in [1.165, 1.54) is 16.2 Å². The van der Waals surface area contributed by atoms with Gasteiger partial charge < -0.3 is 10.0 Å². The van der Waals surface area contributed by atoms with Gasteiger partial charge in [0.05, 0.1) is 11.2 Å². The third-order valence-corrected chi connectivity index (χ3v) is 2.85. The van der Waals surface area contributed by atoms with Crippen LogP contribution in [-0.4, -0.2) is 40.0 Å². The number of aryl methyl sites for hydroxylation is 1. The highest BCUT2D eigenvalue weighted by Gasteiger charge is 2.20. The molecular weight excluding hydrogens is 216 g/mol. The number of aromatic nitrogens is 1. The van der Waals surface area contributed by atoms with E-state index in [-0.39, 0.29) is 12.5 Å². The van der Waals surface area contributed by atoms with Gasteiger partial charge in [-0.25, -0.2) is 4.98 Å². The van der Waals surface area contributed by atoms with Crippen LogP contribution in [0.1, 0.15) is 22.3 Å². The van der Waals surface area contributed by atoms with E-state index in [1.807, 2.05) is 0 Å². The molecule has 1 aromatic heterocycles. The van der Waals surface area contributed by atoms with Gasteiger partial charge in [-0.3, -0.25) is 9.59 Å². The third-order valence-electron chi connectivity index (χ3n) is 1.93. The van der Waals surface area contributed by atoms with E-state index in [1.54, 1.807) is 19.4 Å². The Kier molecular flexibility index (Phi) is 3.79. The molecular formula is C9H12N2O3S. The van der Waals surface area contributed by atoms with Crippen molar-refractivity contribution in [2.45, 2.75) is 13.8 Å². The van der Waals surface area contributed by atoms with Crippen molar-refractivity contribution in [2.24, 2.45) is 0 Å². The van der Waals surface area contributed by atoms with Crippen LogP contribution < -0.4 is 0 Å². The van der Waals surface area contributed by atoms with Gasteiger partial charge in [0.25, 0.3) is 5.91 Å². The summed E-state index contributed by atoms with van der Waals surface area (Å²) in [5.41, 5.74) is 2.23. The van der Waals surface area contributed by atoms with Gasteiger partial charge in [-0.15, -0.1) is 11.3 Å². The minimum Gasteiger partial charge on any atom is -0.480 e. The second-order valence-corrected chi connectivity index (χ2v) is 3.83. The molecule has 0 atom stereocenters. The van der Waals surface area contributed by atoms with Gasteiger partial charge in [0.15, 0.2) is 0 Å². The molecule has 0 aliphatic heterocycles. The lowest BCUT2D eigenvalue weighted by Gasteiger charge is -2.17. The van der Waals surface area contributed by atoms with E-state index in [0.29, 0.717) is 17.1 Å². The van der Waals surface area contributed by atoms with Gasteiger partial charge in [-0.2, -0.15) is 0 Å². The maximum atomic E-state index is 11.8. The van der Waals surface area contributed by atoms with E-state index in [2.05, 4.69) is 4.98 Å². The molecule has 0 aliphatic carbocycles. The van der Waals surface area contributed by atoms with Crippen molar-refractivity contribution in [3.8, 4) is 0 Å². The van der Waals surface area contributed by atoms with E-state index in [4.69, 9.17) is 5.11 Å². The molecule has 1 N–H and O–H groups in total. The number of nitrogens with zero attached hydrogens (tertiary/aromatic N) is 2. The molecule has 1 aromatic rings. The number of carboxylic acids is 1. The van der Waals surface area contributed by atoms with Crippen LogP contribution in [0.15, 0.2) is 5.51 Å². The second-order valence-electron chi connectivity index (χ2n) is 2.98. The molecule has 0 spiro atoms. The predicted octanol–water partition coefficient (Wildman–Crippen LogP) is 0.998. The zero-order chi connectivity index (χ0) is 11.4. The average Bonchev–Trinajstić information content (AvgIpc) is 2.59. The molecule has 6 heteroatoms. The van der Waals surface area contributed by atoms with Crippen LogP contribution in [0.5, 0.6) is 0 Å². The number of hydrogen-bond donors (Lipinski definition) is 1. The lowest BCUT2D eigenvalue weighted by Crippen LogP contribution is -2.35. The van der Waals surface area contributed by atoms with E-state index >= 15 is 0 Å².